The van der Waals surface area contributed by atoms with Crippen LogP contribution in [0.15, 0.2) is 35.2 Å². The van der Waals surface area contributed by atoms with Gasteiger partial charge in [-0.05, 0) is 66.2 Å². The van der Waals surface area contributed by atoms with Gasteiger partial charge in [-0.3, -0.25) is 4.98 Å². The third-order valence-electron chi connectivity index (χ3n) is 4.23. The number of nitrogens with one attached hydrogen (secondary N) is 1. The third-order valence-corrected chi connectivity index (χ3v) is 4.96. The van der Waals surface area contributed by atoms with E-state index in [0.29, 0.717) is 12.0 Å². The number of aromatic nitrogens is 1. The molecule has 2 unspecified atom stereocenters. The molecule has 2 atom stereocenters. The molecule has 0 radical (unpaired) electrons. The molecule has 2 aromatic heterocycles. The average molecular weight is 286 g/mol. The van der Waals surface area contributed by atoms with Crippen LogP contribution < -0.4 is 5.32 Å². The van der Waals surface area contributed by atoms with Crippen molar-refractivity contribution in [3.05, 3.63) is 52.0 Å². The lowest BCUT2D eigenvalue weighted by Gasteiger charge is -2.32. The highest BCUT2D eigenvalue weighted by Crippen LogP contribution is 2.33. The zero-order valence-electron chi connectivity index (χ0n) is 12.0. The maximum atomic E-state index is 4.70. The van der Waals surface area contributed by atoms with Crippen molar-refractivity contribution < 1.29 is 0 Å². The number of aryl methyl sites for hydroxylation is 1. The number of pyridine rings is 1. The zero-order chi connectivity index (χ0) is 13.8. The third kappa shape index (κ3) is 2.94. The predicted octanol–water partition coefficient (Wildman–Crippen LogP) is 3.78. The highest BCUT2D eigenvalue weighted by atomic mass is 32.1. The van der Waals surface area contributed by atoms with Crippen LogP contribution in [0.3, 0.4) is 0 Å². The number of hydrogen-bond donors (Lipinski definition) is 1. The smallest absolute Gasteiger partial charge is 0.0482 e. The highest BCUT2D eigenvalue weighted by Gasteiger charge is 2.28. The fourth-order valence-corrected chi connectivity index (χ4v) is 4.00. The standard InChI is InChI=1S/C17H22N2S/c1-2-18-16(11-13-8-10-20-12-13)15-7-3-5-14-6-4-9-19-17(14)15/h4,6,8-10,12,15-16,18H,2-3,5,7,11H2,1H3. The van der Waals surface area contributed by atoms with E-state index in [1.54, 1.807) is 11.3 Å². The minimum absolute atomic E-state index is 0.503. The van der Waals surface area contributed by atoms with Gasteiger partial charge in [-0.2, -0.15) is 11.3 Å². The lowest BCUT2D eigenvalue weighted by atomic mass is 9.80. The van der Waals surface area contributed by atoms with Crippen molar-refractivity contribution >= 4 is 11.3 Å². The molecule has 0 aromatic carbocycles. The van der Waals surface area contributed by atoms with E-state index in [0.717, 1.165) is 13.0 Å². The molecule has 20 heavy (non-hydrogen) atoms. The van der Waals surface area contributed by atoms with E-state index in [9.17, 15) is 0 Å². The molecule has 1 aliphatic carbocycles. The molecule has 0 fully saturated rings. The number of fused-ring (bicyclic) bond motifs is 1. The number of rotatable bonds is 5. The van der Waals surface area contributed by atoms with E-state index in [2.05, 4.69) is 41.2 Å². The second-order valence-corrected chi connectivity index (χ2v) is 6.33. The van der Waals surface area contributed by atoms with Crippen molar-refractivity contribution in [2.24, 2.45) is 0 Å². The first-order chi connectivity index (χ1) is 9.88. The zero-order valence-corrected chi connectivity index (χ0v) is 12.8. The molecule has 0 aliphatic heterocycles. The molecule has 0 saturated carbocycles. The number of thiophene rings is 1. The number of hydrogen-bond acceptors (Lipinski definition) is 3. The Bertz CT molecular complexity index is 536. The fourth-order valence-electron chi connectivity index (χ4n) is 3.32. The van der Waals surface area contributed by atoms with Gasteiger partial charge >= 0.3 is 0 Å². The van der Waals surface area contributed by atoms with Gasteiger partial charge in [0.2, 0.25) is 0 Å². The molecule has 0 saturated heterocycles. The van der Waals surface area contributed by atoms with Crippen LogP contribution in [0.2, 0.25) is 0 Å². The normalized spacial score (nSPS) is 19.6. The van der Waals surface area contributed by atoms with Crippen LogP contribution in [-0.4, -0.2) is 17.6 Å². The van der Waals surface area contributed by atoms with Gasteiger partial charge in [0, 0.05) is 23.9 Å². The summed E-state index contributed by atoms with van der Waals surface area (Å²) in [4.78, 5) is 4.70. The molecule has 0 bridgehead atoms. The summed E-state index contributed by atoms with van der Waals surface area (Å²) in [6.07, 6.45) is 6.79. The molecule has 3 rings (SSSR count). The van der Waals surface area contributed by atoms with Crippen molar-refractivity contribution in [1.29, 1.82) is 0 Å². The summed E-state index contributed by atoms with van der Waals surface area (Å²) in [7, 11) is 0. The second kappa shape index (κ2) is 6.51. The van der Waals surface area contributed by atoms with E-state index in [-0.39, 0.29) is 0 Å². The van der Waals surface area contributed by atoms with Crippen molar-refractivity contribution in [2.45, 2.75) is 44.6 Å². The molecular formula is C17H22N2S. The lowest BCUT2D eigenvalue weighted by molar-refractivity contribution is 0.388. The Morgan fingerprint density at radius 1 is 1.45 bits per heavy atom. The van der Waals surface area contributed by atoms with Crippen LogP contribution in [0.25, 0.3) is 0 Å². The molecule has 1 N–H and O–H groups in total. The van der Waals surface area contributed by atoms with Crippen molar-refractivity contribution in [2.75, 3.05) is 6.54 Å². The van der Waals surface area contributed by atoms with Gasteiger partial charge in [0.1, 0.15) is 0 Å². The first kappa shape index (κ1) is 13.8. The van der Waals surface area contributed by atoms with Gasteiger partial charge in [0.15, 0.2) is 0 Å². The van der Waals surface area contributed by atoms with Gasteiger partial charge < -0.3 is 5.32 Å². The molecule has 2 aromatic rings. The van der Waals surface area contributed by atoms with Gasteiger partial charge in [-0.1, -0.05) is 13.0 Å². The predicted molar refractivity (Wildman–Crippen MR) is 85.4 cm³/mol. The molecular weight excluding hydrogens is 264 g/mol. The van der Waals surface area contributed by atoms with Crippen molar-refractivity contribution in [3.8, 4) is 0 Å². The van der Waals surface area contributed by atoms with Gasteiger partial charge in [0.25, 0.3) is 0 Å². The molecule has 2 heterocycles. The molecule has 2 nitrogen and oxygen atoms in total. The van der Waals surface area contributed by atoms with E-state index >= 15 is 0 Å². The quantitative estimate of drug-likeness (QED) is 0.904. The van der Waals surface area contributed by atoms with Crippen LogP contribution in [0.1, 0.15) is 42.5 Å². The fraction of sp³-hybridized carbons (Fsp3) is 0.471. The summed E-state index contributed by atoms with van der Waals surface area (Å²) in [5, 5.41) is 8.14. The summed E-state index contributed by atoms with van der Waals surface area (Å²) in [5.41, 5.74) is 4.24. The Balaban J connectivity index is 1.84. The first-order valence-electron chi connectivity index (χ1n) is 7.56. The summed E-state index contributed by atoms with van der Waals surface area (Å²) >= 11 is 1.79. The van der Waals surface area contributed by atoms with Crippen LogP contribution in [0.5, 0.6) is 0 Å². The molecule has 0 spiro atoms. The van der Waals surface area contributed by atoms with Crippen LogP contribution in [0, 0.1) is 0 Å². The van der Waals surface area contributed by atoms with E-state index in [1.807, 2.05) is 6.20 Å². The largest absolute Gasteiger partial charge is 0.313 e. The molecule has 106 valence electrons. The maximum Gasteiger partial charge on any atom is 0.0482 e. The Morgan fingerprint density at radius 3 is 3.20 bits per heavy atom. The summed E-state index contributed by atoms with van der Waals surface area (Å²) < 4.78 is 0. The summed E-state index contributed by atoms with van der Waals surface area (Å²) in [6.45, 7) is 3.22. The molecule has 3 heteroatoms. The van der Waals surface area contributed by atoms with Gasteiger partial charge in [-0.15, -0.1) is 0 Å². The average Bonchev–Trinajstić information content (AvgIpc) is 2.99. The number of nitrogens with zero attached hydrogens (tertiary/aromatic N) is 1. The Labute approximate surface area is 125 Å². The Kier molecular flexibility index (Phi) is 4.48. The minimum atomic E-state index is 0.503. The van der Waals surface area contributed by atoms with Gasteiger partial charge in [0.05, 0.1) is 0 Å². The lowest BCUT2D eigenvalue weighted by Crippen LogP contribution is -2.38. The number of likely N-dealkylation sites (N-methyl/N-ethyl adjacent to an activating group) is 1. The van der Waals surface area contributed by atoms with Gasteiger partial charge in [-0.25, -0.2) is 0 Å². The van der Waals surface area contributed by atoms with E-state index in [4.69, 9.17) is 4.98 Å². The van der Waals surface area contributed by atoms with E-state index in [1.165, 1.54) is 36.1 Å². The Morgan fingerprint density at radius 2 is 2.40 bits per heavy atom. The highest BCUT2D eigenvalue weighted by molar-refractivity contribution is 7.07. The Hall–Kier alpha value is -1.19. The van der Waals surface area contributed by atoms with Crippen LogP contribution >= 0.6 is 11.3 Å². The summed E-state index contributed by atoms with van der Waals surface area (Å²) in [6, 6.07) is 7.07. The SMILES string of the molecule is CCNC(Cc1ccsc1)C1CCCc2cccnc21. The molecule has 0 amide bonds. The van der Waals surface area contributed by atoms with Crippen LogP contribution in [-0.2, 0) is 12.8 Å². The summed E-state index contributed by atoms with van der Waals surface area (Å²) in [5.74, 6) is 0.555. The van der Waals surface area contributed by atoms with Crippen LogP contribution in [0.4, 0.5) is 0 Å². The topological polar surface area (TPSA) is 24.9 Å². The monoisotopic (exact) mass is 286 g/mol. The van der Waals surface area contributed by atoms with Crippen molar-refractivity contribution in [1.82, 2.24) is 10.3 Å². The minimum Gasteiger partial charge on any atom is -0.313 e. The van der Waals surface area contributed by atoms with Crippen molar-refractivity contribution in [3.63, 3.8) is 0 Å². The van der Waals surface area contributed by atoms with E-state index < -0.39 is 0 Å². The maximum absolute atomic E-state index is 4.70. The second-order valence-electron chi connectivity index (χ2n) is 5.55. The molecule has 1 aliphatic rings. The first-order valence-corrected chi connectivity index (χ1v) is 8.51.